The Bertz CT molecular complexity index is 421. The van der Waals surface area contributed by atoms with Gasteiger partial charge in [-0.25, -0.2) is 0 Å². The number of rotatable bonds is 5. The second kappa shape index (κ2) is 6.61. The van der Waals surface area contributed by atoms with Crippen LogP contribution in [0.3, 0.4) is 0 Å². The summed E-state index contributed by atoms with van der Waals surface area (Å²) in [6.07, 6.45) is -1.19. The highest BCUT2D eigenvalue weighted by Crippen LogP contribution is 2.22. The normalized spacial score (nSPS) is 13.8. The van der Waals surface area contributed by atoms with E-state index >= 15 is 0 Å². The standard InChI is InChI=1S/C13H18ClNO3/c1-8-6-11(14)4-5-12(8)18-10(3)13(17)15-7-9(2)16/h4-6,9-10,16H,7H2,1-3H3,(H,15,17)/t9-,10?/m1/s1. The highest BCUT2D eigenvalue weighted by molar-refractivity contribution is 6.30. The van der Waals surface area contributed by atoms with Crippen LogP contribution in [0, 0.1) is 6.92 Å². The highest BCUT2D eigenvalue weighted by atomic mass is 35.5. The van der Waals surface area contributed by atoms with Gasteiger partial charge in [0.1, 0.15) is 5.75 Å². The topological polar surface area (TPSA) is 58.6 Å². The van der Waals surface area contributed by atoms with E-state index in [4.69, 9.17) is 21.4 Å². The first-order valence-electron chi connectivity index (χ1n) is 5.78. The maximum Gasteiger partial charge on any atom is 0.260 e. The van der Waals surface area contributed by atoms with E-state index in [-0.39, 0.29) is 12.5 Å². The third-order valence-corrected chi connectivity index (χ3v) is 2.62. The lowest BCUT2D eigenvalue weighted by Crippen LogP contribution is -2.39. The molecule has 1 aromatic rings. The van der Waals surface area contributed by atoms with Crippen molar-refractivity contribution in [2.75, 3.05) is 6.54 Å². The largest absolute Gasteiger partial charge is 0.481 e. The van der Waals surface area contributed by atoms with Crippen molar-refractivity contribution in [3.8, 4) is 5.75 Å². The maximum absolute atomic E-state index is 11.7. The molecule has 18 heavy (non-hydrogen) atoms. The highest BCUT2D eigenvalue weighted by Gasteiger charge is 2.15. The summed E-state index contributed by atoms with van der Waals surface area (Å²) in [6, 6.07) is 5.22. The summed E-state index contributed by atoms with van der Waals surface area (Å²) in [5.41, 5.74) is 0.873. The summed E-state index contributed by atoms with van der Waals surface area (Å²) in [6.45, 7) is 5.34. The van der Waals surface area contributed by atoms with Crippen LogP contribution >= 0.6 is 11.6 Å². The second-order valence-corrected chi connectivity index (χ2v) is 4.70. The number of carbonyl (C=O) groups excluding carboxylic acids is 1. The molecule has 0 aliphatic carbocycles. The van der Waals surface area contributed by atoms with Crippen molar-refractivity contribution >= 4 is 17.5 Å². The predicted molar refractivity (Wildman–Crippen MR) is 71.0 cm³/mol. The lowest BCUT2D eigenvalue weighted by Gasteiger charge is -2.16. The van der Waals surface area contributed by atoms with Gasteiger partial charge in [-0.05, 0) is 44.5 Å². The fourth-order valence-corrected chi connectivity index (χ4v) is 1.61. The molecule has 0 aliphatic rings. The van der Waals surface area contributed by atoms with Gasteiger partial charge in [0.25, 0.3) is 5.91 Å². The lowest BCUT2D eigenvalue weighted by atomic mass is 10.2. The van der Waals surface area contributed by atoms with Gasteiger partial charge in [-0.1, -0.05) is 11.6 Å². The van der Waals surface area contributed by atoms with Crippen molar-refractivity contribution in [2.24, 2.45) is 0 Å². The van der Waals surface area contributed by atoms with Gasteiger partial charge in [0.05, 0.1) is 6.10 Å². The molecule has 100 valence electrons. The van der Waals surface area contributed by atoms with E-state index in [1.807, 2.05) is 6.92 Å². The van der Waals surface area contributed by atoms with Crippen molar-refractivity contribution in [3.63, 3.8) is 0 Å². The Hall–Kier alpha value is -1.26. The van der Waals surface area contributed by atoms with Gasteiger partial charge in [0.2, 0.25) is 0 Å². The Morgan fingerprint density at radius 3 is 2.72 bits per heavy atom. The molecule has 0 saturated carbocycles. The van der Waals surface area contributed by atoms with Gasteiger partial charge in [0.15, 0.2) is 6.10 Å². The Labute approximate surface area is 112 Å². The van der Waals surface area contributed by atoms with E-state index in [0.29, 0.717) is 10.8 Å². The van der Waals surface area contributed by atoms with E-state index in [9.17, 15) is 4.79 Å². The van der Waals surface area contributed by atoms with Gasteiger partial charge in [-0.15, -0.1) is 0 Å². The fourth-order valence-electron chi connectivity index (χ4n) is 1.38. The van der Waals surface area contributed by atoms with Crippen LogP contribution in [0.5, 0.6) is 5.75 Å². The molecule has 1 unspecified atom stereocenters. The molecule has 0 heterocycles. The number of benzene rings is 1. The van der Waals surface area contributed by atoms with Crippen LogP contribution < -0.4 is 10.1 Å². The van der Waals surface area contributed by atoms with Crippen LogP contribution in [0.2, 0.25) is 5.02 Å². The van der Waals surface area contributed by atoms with Crippen molar-refractivity contribution in [3.05, 3.63) is 28.8 Å². The molecule has 0 fully saturated rings. The fraction of sp³-hybridized carbons (Fsp3) is 0.462. The van der Waals surface area contributed by atoms with Crippen LogP contribution in [0.4, 0.5) is 0 Å². The Morgan fingerprint density at radius 2 is 2.17 bits per heavy atom. The number of aryl methyl sites for hydroxylation is 1. The Kier molecular flexibility index (Phi) is 5.44. The molecule has 1 rings (SSSR count). The van der Waals surface area contributed by atoms with Crippen molar-refractivity contribution in [1.82, 2.24) is 5.32 Å². The van der Waals surface area contributed by atoms with E-state index in [1.165, 1.54) is 0 Å². The third-order valence-electron chi connectivity index (χ3n) is 2.38. The molecule has 5 heteroatoms. The van der Waals surface area contributed by atoms with Gasteiger partial charge in [-0.2, -0.15) is 0 Å². The minimum atomic E-state index is -0.622. The van der Waals surface area contributed by atoms with Crippen molar-refractivity contribution in [2.45, 2.75) is 33.0 Å². The summed E-state index contributed by atoms with van der Waals surface area (Å²) < 4.78 is 5.54. The summed E-state index contributed by atoms with van der Waals surface area (Å²) in [4.78, 5) is 11.7. The zero-order valence-electron chi connectivity index (χ0n) is 10.7. The molecule has 2 atom stereocenters. The third kappa shape index (κ3) is 4.55. The summed E-state index contributed by atoms with van der Waals surface area (Å²) in [5, 5.41) is 12.3. The molecule has 4 nitrogen and oxygen atoms in total. The van der Waals surface area contributed by atoms with Crippen LogP contribution in [0.1, 0.15) is 19.4 Å². The predicted octanol–water partition coefficient (Wildman–Crippen LogP) is 1.91. The SMILES string of the molecule is Cc1cc(Cl)ccc1OC(C)C(=O)NC[C@@H](C)O. The minimum Gasteiger partial charge on any atom is -0.481 e. The number of hydrogen-bond acceptors (Lipinski definition) is 3. The molecule has 0 bridgehead atoms. The molecule has 0 radical (unpaired) electrons. The molecule has 0 aliphatic heterocycles. The summed E-state index contributed by atoms with van der Waals surface area (Å²) in [7, 11) is 0. The molecule has 0 spiro atoms. The number of hydrogen-bond donors (Lipinski definition) is 2. The first-order valence-corrected chi connectivity index (χ1v) is 6.16. The first kappa shape index (κ1) is 14.8. The van der Waals surface area contributed by atoms with E-state index in [1.54, 1.807) is 32.0 Å². The number of aliphatic hydroxyl groups excluding tert-OH is 1. The lowest BCUT2D eigenvalue weighted by molar-refractivity contribution is -0.127. The Morgan fingerprint density at radius 1 is 1.50 bits per heavy atom. The molecule has 1 amide bonds. The van der Waals surface area contributed by atoms with Crippen molar-refractivity contribution in [1.29, 1.82) is 0 Å². The number of amides is 1. The smallest absolute Gasteiger partial charge is 0.260 e. The van der Waals surface area contributed by atoms with Gasteiger partial charge in [0, 0.05) is 11.6 Å². The zero-order chi connectivity index (χ0) is 13.7. The molecular weight excluding hydrogens is 254 g/mol. The molecule has 0 saturated heterocycles. The summed E-state index contributed by atoms with van der Waals surface area (Å²) >= 11 is 5.84. The van der Waals surface area contributed by atoms with Crippen LogP contribution in [-0.2, 0) is 4.79 Å². The molecular formula is C13H18ClNO3. The van der Waals surface area contributed by atoms with E-state index < -0.39 is 12.2 Å². The monoisotopic (exact) mass is 271 g/mol. The van der Waals surface area contributed by atoms with E-state index in [2.05, 4.69) is 5.32 Å². The number of aliphatic hydroxyl groups is 1. The van der Waals surface area contributed by atoms with Gasteiger partial charge >= 0.3 is 0 Å². The average molecular weight is 272 g/mol. The van der Waals surface area contributed by atoms with Crippen LogP contribution in [0.15, 0.2) is 18.2 Å². The van der Waals surface area contributed by atoms with E-state index in [0.717, 1.165) is 5.56 Å². The number of nitrogens with one attached hydrogen (secondary N) is 1. The Balaban J connectivity index is 2.58. The number of halogens is 1. The van der Waals surface area contributed by atoms with Crippen LogP contribution in [0.25, 0.3) is 0 Å². The quantitative estimate of drug-likeness (QED) is 0.860. The molecule has 1 aromatic carbocycles. The molecule has 2 N–H and O–H groups in total. The minimum absolute atomic E-state index is 0.214. The van der Waals surface area contributed by atoms with Crippen molar-refractivity contribution < 1.29 is 14.6 Å². The maximum atomic E-state index is 11.7. The first-order chi connectivity index (χ1) is 8.40. The summed E-state index contributed by atoms with van der Waals surface area (Å²) in [5.74, 6) is 0.365. The van der Waals surface area contributed by atoms with Gasteiger partial charge in [-0.3, -0.25) is 4.79 Å². The number of ether oxygens (including phenoxy) is 1. The van der Waals surface area contributed by atoms with Gasteiger partial charge < -0.3 is 15.2 Å². The van der Waals surface area contributed by atoms with Crippen LogP contribution in [-0.4, -0.2) is 29.8 Å². The average Bonchev–Trinajstić information content (AvgIpc) is 2.29. The number of carbonyl (C=O) groups is 1. The second-order valence-electron chi connectivity index (χ2n) is 4.26. The zero-order valence-corrected chi connectivity index (χ0v) is 11.5. The molecule has 0 aromatic heterocycles.